The Morgan fingerprint density at radius 3 is 2.74 bits per heavy atom. The van der Waals surface area contributed by atoms with E-state index in [9.17, 15) is 4.39 Å². The summed E-state index contributed by atoms with van der Waals surface area (Å²) in [5.74, 6) is -0.265. The minimum absolute atomic E-state index is 0.265. The van der Waals surface area contributed by atoms with Gasteiger partial charge in [0.1, 0.15) is 5.82 Å². The van der Waals surface area contributed by atoms with Gasteiger partial charge in [-0.2, -0.15) is 0 Å². The standard InChI is InChI=1S/C15H21ClFNO/c1-2-18-13-4-6-14(7-5-13)19-10-11-9-12(17)3-8-15(11)16/h3,8-9,13-14,18H,2,4-7,10H2,1H3. The van der Waals surface area contributed by atoms with Gasteiger partial charge in [-0.25, -0.2) is 4.39 Å². The molecule has 0 spiro atoms. The quantitative estimate of drug-likeness (QED) is 0.885. The number of nitrogens with one attached hydrogen (secondary N) is 1. The molecule has 0 atom stereocenters. The van der Waals surface area contributed by atoms with Gasteiger partial charge in [0.25, 0.3) is 0 Å². The summed E-state index contributed by atoms with van der Waals surface area (Å²) in [5.41, 5.74) is 0.732. The van der Waals surface area contributed by atoms with Gasteiger partial charge in [0, 0.05) is 11.1 Å². The van der Waals surface area contributed by atoms with E-state index < -0.39 is 0 Å². The van der Waals surface area contributed by atoms with Crippen molar-refractivity contribution >= 4 is 11.6 Å². The Kier molecular flexibility index (Phi) is 5.61. The molecule has 0 aliphatic heterocycles. The summed E-state index contributed by atoms with van der Waals surface area (Å²) in [5, 5.41) is 4.04. The number of ether oxygens (including phenoxy) is 1. The van der Waals surface area contributed by atoms with Gasteiger partial charge in [-0.3, -0.25) is 0 Å². The Hall–Kier alpha value is -0.640. The van der Waals surface area contributed by atoms with Crippen LogP contribution in [0.15, 0.2) is 18.2 Å². The number of hydrogen-bond donors (Lipinski definition) is 1. The minimum Gasteiger partial charge on any atom is -0.373 e. The number of hydrogen-bond acceptors (Lipinski definition) is 2. The molecule has 2 rings (SSSR count). The van der Waals surface area contributed by atoms with Crippen LogP contribution in [0, 0.1) is 5.82 Å². The molecule has 0 radical (unpaired) electrons. The molecule has 4 heteroatoms. The van der Waals surface area contributed by atoms with E-state index in [-0.39, 0.29) is 11.9 Å². The van der Waals surface area contributed by atoms with Gasteiger partial charge in [-0.15, -0.1) is 0 Å². The van der Waals surface area contributed by atoms with Crippen molar-refractivity contribution in [2.75, 3.05) is 6.54 Å². The van der Waals surface area contributed by atoms with E-state index in [2.05, 4.69) is 12.2 Å². The summed E-state index contributed by atoms with van der Waals surface area (Å²) in [6, 6.07) is 5.03. The molecule has 0 saturated heterocycles. The van der Waals surface area contributed by atoms with Crippen LogP contribution in [0.2, 0.25) is 5.02 Å². The van der Waals surface area contributed by atoms with Gasteiger partial charge in [0.15, 0.2) is 0 Å². The Morgan fingerprint density at radius 1 is 1.32 bits per heavy atom. The lowest BCUT2D eigenvalue weighted by atomic mass is 9.93. The summed E-state index contributed by atoms with van der Waals surface area (Å²) in [6.45, 7) is 3.55. The van der Waals surface area contributed by atoms with Crippen LogP contribution in [0.25, 0.3) is 0 Å². The predicted octanol–water partition coefficient (Wildman–Crippen LogP) is 3.92. The summed E-state index contributed by atoms with van der Waals surface area (Å²) in [4.78, 5) is 0. The van der Waals surface area contributed by atoms with Crippen molar-refractivity contribution in [2.45, 2.75) is 51.4 Å². The van der Waals surface area contributed by atoms with Crippen LogP contribution >= 0.6 is 11.6 Å². The second-order valence-electron chi connectivity index (χ2n) is 5.08. The van der Waals surface area contributed by atoms with E-state index in [0.717, 1.165) is 37.8 Å². The monoisotopic (exact) mass is 285 g/mol. The van der Waals surface area contributed by atoms with E-state index >= 15 is 0 Å². The average Bonchev–Trinajstić information content (AvgIpc) is 2.42. The maximum Gasteiger partial charge on any atom is 0.123 e. The fraction of sp³-hybridized carbons (Fsp3) is 0.600. The third-order valence-corrected chi connectivity index (χ3v) is 4.02. The third kappa shape index (κ3) is 4.44. The number of halogens is 2. The summed E-state index contributed by atoms with van der Waals surface area (Å²) in [7, 11) is 0. The lowest BCUT2D eigenvalue weighted by Gasteiger charge is -2.29. The van der Waals surface area contributed by atoms with E-state index in [4.69, 9.17) is 16.3 Å². The maximum absolute atomic E-state index is 13.1. The zero-order valence-corrected chi connectivity index (χ0v) is 12.0. The first-order valence-corrected chi connectivity index (χ1v) is 7.35. The fourth-order valence-corrected chi connectivity index (χ4v) is 2.76. The van der Waals surface area contributed by atoms with Crippen molar-refractivity contribution in [3.63, 3.8) is 0 Å². The molecule has 0 amide bonds. The van der Waals surface area contributed by atoms with Crippen LogP contribution < -0.4 is 5.32 Å². The molecule has 0 unspecified atom stereocenters. The molecule has 1 fully saturated rings. The van der Waals surface area contributed by atoms with E-state index in [1.807, 2.05) is 0 Å². The lowest BCUT2D eigenvalue weighted by molar-refractivity contribution is 0.0114. The van der Waals surface area contributed by atoms with Crippen molar-refractivity contribution in [1.29, 1.82) is 0 Å². The molecule has 1 aliphatic carbocycles. The molecule has 0 bridgehead atoms. The summed E-state index contributed by atoms with van der Waals surface area (Å²) in [6.07, 6.45) is 4.69. The fourth-order valence-electron chi connectivity index (χ4n) is 2.58. The Balaban J connectivity index is 1.79. The Morgan fingerprint density at radius 2 is 2.05 bits per heavy atom. The molecule has 106 valence electrons. The molecular formula is C15H21ClFNO. The first kappa shape index (κ1) is 14.8. The average molecular weight is 286 g/mol. The van der Waals surface area contributed by atoms with Crippen LogP contribution in [-0.2, 0) is 11.3 Å². The molecule has 1 aromatic carbocycles. The minimum atomic E-state index is -0.265. The highest BCUT2D eigenvalue weighted by Crippen LogP contribution is 2.24. The molecule has 1 aromatic rings. The van der Waals surface area contributed by atoms with Crippen molar-refractivity contribution in [3.05, 3.63) is 34.6 Å². The molecule has 1 aliphatic rings. The molecule has 1 saturated carbocycles. The van der Waals surface area contributed by atoms with Gasteiger partial charge < -0.3 is 10.1 Å². The first-order valence-electron chi connectivity index (χ1n) is 6.98. The van der Waals surface area contributed by atoms with Crippen LogP contribution in [0.5, 0.6) is 0 Å². The second-order valence-corrected chi connectivity index (χ2v) is 5.49. The zero-order chi connectivity index (χ0) is 13.7. The van der Waals surface area contributed by atoms with Gasteiger partial charge in [-0.05, 0) is 56.0 Å². The first-order chi connectivity index (χ1) is 9.19. The topological polar surface area (TPSA) is 21.3 Å². The van der Waals surface area contributed by atoms with Crippen LogP contribution in [0.3, 0.4) is 0 Å². The van der Waals surface area contributed by atoms with E-state index in [0.29, 0.717) is 17.7 Å². The molecule has 19 heavy (non-hydrogen) atoms. The van der Waals surface area contributed by atoms with Crippen LogP contribution in [0.1, 0.15) is 38.2 Å². The number of rotatable bonds is 5. The molecule has 2 nitrogen and oxygen atoms in total. The van der Waals surface area contributed by atoms with Crippen LogP contribution in [-0.4, -0.2) is 18.7 Å². The lowest BCUT2D eigenvalue weighted by Crippen LogP contribution is -2.35. The Bertz CT molecular complexity index is 405. The Labute approximate surface area is 119 Å². The molecule has 0 heterocycles. The normalized spacial score (nSPS) is 23.5. The maximum atomic E-state index is 13.1. The largest absolute Gasteiger partial charge is 0.373 e. The summed E-state index contributed by atoms with van der Waals surface area (Å²) < 4.78 is 19.0. The smallest absolute Gasteiger partial charge is 0.123 e. The SMILES string of the molecule is CCNC1CCC(OCc2cc(F)ccc2Cl)CC1. The van der Waals surface area contributed by atoms with Gasteiger partial charge in [-0.1, -0.05) is 18.5 Å². The highest BCUT2D eigenvalue weighted by Gasteiger charge is 2.21. The molecule has 1 N–H and O–H groups in total. The predicted molar refractivity (Wildman–Crippen MR) is 75.9 cm³/mol. The van der Waals surface area contributed by atoms with Gasteiger partial charge >= 0.3 is 0 Å². The third-order valence-electron chi connectivity index (χ3n) is 3.65. The molecule has 0 aromatic heterocycles. The van der Waals surface area contributed by atoms with Crippen molar-refractivity contribution in [2.24, 2.45) is 0 Å². The van der Waals surface area contributed by atoms with Crippen LogP contribution in [0.4, 0.5) is 4.39 Å². The van der Waals surface area contributed by atoms with Crippen molar-refractivity contribution in [1.82, 2.24) is 5.32 Å². The van der Waals surface area contributed by atoms with Crippen molar-refractivity contribution in [3.8, 4) is 0 Å². The highest BCUT2D eigenvalue weighted by molar-refractivity contribution is 6.31. The summed E-state index contributed by atoms with van der Waals surface area (Å²) >= 11 is 6.02. The number of benzene rings is 1. The molecular weight excluding hydrogens is 265 g/mol. The van der Waals surface area contributed by atoms with Crippen molar-refractivity contribution < 1.29 is 9.13 Å². The van der Waals surface area contributed by atoms with E-state index in [1.165, 1.54) is 12.1 Å². The highest BCUT2D eigenvalue weighted by atomic mass is 35.5. The van der Waals surface area contributed by atoms with Gasteiger partial charge in [0.2, 0.25) is 0 Å². The zero-order valence-electron chi connectivity index (χ0n) is 11.3. The van der Waals surface area contributed by atoms with E-state index in [1.54, 1.807) is 6.07 Å². The van der Waals surface area contributed by atoms with Gasteiger partial charge in [0.05, 0.1) is 12.7 Å². The second kappa shape index (κ2) is 7.22.